The Bertz CT molecular complexity index is 585. The predicted octanol–water partition coefficient (Wildman–Crippen LogP) is 1.53. The zero-order valence-electron chi connectivity index (χ0n) is 17.7. The Morgan fingerprint density at radius 3 is 1.19 bits per heavy atom. The highest BCUT2D eigenvalue weighted by Gasteiger charge is 2.31. The molecule has 10 nitrogen and oxygen atoms in total. The molecule has 31 heavy (non-hydrogen) atoms. The number of carboxylic acids is 4. The van der Waals surface area contributed by atoms with Gasteiger partial charge in [0.2, 0.25) is 0 Å². The molecule has 0 spiro atoms. The zero-order chi connectivity index (χ0) is 23.0. The van der Waals surface area contributed by atoms with Crippen molar-refractivity contribution < 1.29 is 39.6 Å². The third-order valence-electron chi connectivity index (χ3n) is 6.59. The molecule has 0 aromatic heterocycles. The highest BCUT2D eigenvalue weighted by atomic mass is 16.4. The molecule has 2 aliphatic carbocycles. The summed E-state index contributed by atoms with van der Waals surface area (Å²) in [6.07, 6.45) is 7.49. The normalized spacial score (nSPS) is 28.4. The van der Waals surface area contributed by atoms with Crippen LogP contribution in [0.25, 0.3) is 0 Å². The minimum Gasteiger partial charge on any atom is -0.481 e. The monoisotopic (exact) mass is 442 g/mol. The lowest BCUT2D eigenvalue weighted by Crippen LogP contribution is -2.46. The van der Waals surface area contributed by atoms with E-state index in [4.69, 9.17) is 10.2 Å². The second kappa shape index (κ2) is 12.0. The van der Waals surface area contributed by atoms with E-state index in [9.17, 15) is 29.4 Å². The van der Waals surface area contributed by atoms with Gasteiger partial charge in [-0.05, 0) is 69.6 Å². The average molecular weight is 443 g/mol. The van der Waals surface area contributed by atoms with Crippen LogP contribution in [0.1, 0.15) is 70.6 Å². The first kappa shape index (κ1) is 25.1. The van der Waals surface area contributed by atoms with Crippen molar-refractivity contribution in [3.8, 4) is 0 Å². The molecule has 2 rings (SSSR count). The molecule has 0 radical (unpaired) electrons. The third kappa shape index (κ3) is 8.82. The maximum atomic E-state index is 11.2. The first-order valence-electron chi connectivity index (χ1n) is 11.0. The summed E-state index contributed by atoms with van der Waals surface area (Å²) in [5.41, 5.74) is 0. The van der Waals surface area contributed by atoms with Crippen molar-refractivity contribution in [3.63, 3.8) is 0 Å². The first-order chi connectivity index (χ1) is 14.6. The van der Waals surface area contributed by atoms with Crippen LogP contribution in [0.15, 0.2) is 0 Å². The molecule has 0 saturated heterocycles. The number of nitrogens with one attached hydrogen (secondary N) is 2. The molecule has 2 fully saturated rings. The van der Waals surface area contributed by atoms with Gasteiger partial charge in [0, 0.05) is 12.1 Å². The Morgan fingerprint density at radius 2 is 0.935 bits per heavy atom. The molecule has 2 atom stereocenters. The van der Waals surface area contributed by atoms with Gasteiger partial charge >= 0.3 is 23.9 Å². The maximum Gasteiger partial charge on any atom is 0.321 e. The van der Waals surface area contributed by atoms with Crippen molar-refractivity contribution >= 4 is 23.9 Å². The van der Waals surface area contributed by atoms with E-state index in [1.54, 1.807) is 0 Å². The number of carbonyl (C=O) groups is 4. The summed E-state index contributed by atoms with van der Waals surface area (Å²) in [5, 5.41) is 42.0. The minimum atomic E-state index is -1.14. The molecule has 6 N–H and O–H groups in total. The van der Waals surface area contributed by atoms with Gasteiger partial charge < -0.3 is 31.1 Å². The van der Waals surface area contributed by atoms with Crippen LogP contribution in [-0.2, 0) is 19.2 Å². The summed E-state index contributed by atoms with van der Waals surface area (Å²) in [6, 6.07) is -2.06. The average Bonchev–Trinajstić information content (AvgIpc) is 2.69. The first-order valence-corrected chi connectivity index (χ1v) is 11.0. The van der Waals surface area contributed by atoms with Gasteiger partial charge in [-0.2, -0.15) is 0 Å². The molecule has 0 aromatic carbocycles. The summed E-state index contributed by atoms with van der Waals surface area (Å²) < 4.78 is 0. The van der Waals surface area contributed by atoms with Crippen molar-refractivity contribution in [1.29, 1.82) is 0 Å². The fraction of sp³-hybridized carbons (Fsp3) is 0.810. The number of rotatable bonds is 12. The van der Waals surface area contributed by atoms with Gasteiger partial charge in [-0.1, -0.05) is 0 Å². The van der Waals surface area contributed by atoms with E-state index in [2.05, 4.69) is 10.6 Å². The summed E-state index contributed by atoms with van der Waals surface area (Å²) in [4.78, 5) is 44.1. The molecular weight excluding hydrogens is 408 g/mol. The Labute approximate surface area is 181 Å². The molecule has 2 saturated carbocycles. The molecule has 0 amide bonds. The van der Waals surface area contributed by atoms with E-state index >= 15 is 0 Å². The lowest BCUT2D eigenvalue weighted by molar-refractivity contribution is -0.146. The molecule has 0 aromatic rings. The molecule has 176 valence electrons. The number of aliphatic carboxylic acids is 4. The van der Waals surface area contributed by atoms with Gasteiger partial charge in [0.05, 0.1) is 12.8 Å². The third-order valence-corrected chi connectivity index (χ3v) is 6.59. The van der Waals surface area contributed by atoms with Crippen LogP contribution in [-0.4, -0.2) is 68.5 Å². The largest absolute Gasteiger partial charge is 0.481 e. The van der Waals surface area contributed by atoms with Gasteiger partial charge in [0.1, 0.15) is 12.1 Å². The number of hydrogen-bond acceptors (Lipinski definition) is 6. The maximum absolute atomic E-state index is 11.2. The van der Waals surface area contributed by atoms with Gasteiger partial charge in [0.15, 0.2) is 0 Å². The molecule has 0 aliphatic heterocycles. The van der Waals surface area contributed by atoms with Crippen molar-refractivity contribution in [2.24, 2.45) is 11.8 Å². The fourth-order valence-electron chi connectivity index (χ4n) is 4.95. The lowest BCUT2D eigenvalue weighted by atomic mass is 9.75. The molecule has 0 unspecified atom stereocenters. The topological polar surface area (TPSA) is 173 Å². The lowest BCUT2D eigenvalue weighted by Gasteiger charge is -2.35. The predicted molar refractivity (Wildman–Crippen MR) is 110 cm³/mol. The van der Waals surface area contributed by atoms with E-state index in [0.717, 1.165) is 57.8 Å². The Morgan fingerprint density at radius 1 is 0.613 bits per heavy atom. The van der Waals surface area contributed by atoms with Crippen molar-refractivity contribution in [2.75, 3.05) is 0 Å². The summed E-state index contributed by atoms with van der Waals surface area (Å²) >= 11 is 0. The Kier molecular flexibility index (Phi) is 9.70. The molecule has 10 heteroatoms. The fourth-order valence-corrected chi connectivity index (χ4v) is 4.95. The van der Waals surface area contributed by atoms with Crippen molar-refractivity contribution in [2.45, 2.75) is 94.8 Å². The highest BCUT2D eigenvalue weighted by Crippen LogP contribution is 2.35. The van der Waals surface area contributed by atoms with Gasteiger partial charge in [-0.25, -0.2) is 0 Å². The zero-order valence-corrected chi connectivity index (χ0v) is 17.7. The molecule has 0 heterocycles. The van der Waals surface area contributed by atoms with Gasteiger partial charge in [-0.15, -0.1) is 0 Å². The number of carboxylic acid groups (broad SMARTS) is 4. The van der Waals surface area contributed by atoms with Crippen LogP contribution in [0.3, 0.4) is 0 Å². The summed E-state index contributed by atoms with van der Waals surface area (Å²) in [6.45, 7) is 0. The van der Waals surface area contributed by atoms with Gasteiger partial charge in [-0.3, -0.25) is 19.2 Å². The summed E-state index contributed by atoms with van der Waals surface area (Å²) in [5.74, 6) is -3.40. The molecule has 0 bridgehead atoms. The van der Waals surface area contributed by atoms with Crippen LogP contribution in [0.4, 0.5) is 0 Å². The highest BCUT2D eigenvalue weighted by molar-refractivity contribution is 5.81. The van der Waals surface area contributed by atoms with Crippen LogP contribution in [0.5, 0.6) is 0 Å². The Hall–Kier alpha value is -2.20. The smallest absolute Gasteiger partial charge is 0.321 e. The van der Waals surface area contributed by atoms with Crippen molar-refractivity contribution in [3.05, 3.63) is 0 Å². The van der Waals surface area contributed by atoms with Gasteiger partial charge in [0.25, 0.3) is 0 Å². The second-order valence-electron chi connectivity index (χ2n) is 8.98. The second-order valence-corrected chi connectivity index (χ2v) is 8.98. The van der Waals surface area contributed by atoms with E-state index in [0.29, 0.717) is 11.8 Å². The van der Waals surface area contributed by atoms with E-state index in [1.807, 2.05) is 0 Å². The number of hydrogen-bond donors (Lipinski definition) is 6. The minimum absolute atomic E-state index is 0.0267. The van der Waals surface area contributed by atoms with Crippen LogP contribution in [0, 0.1) is 11.8 Å². The Balaban J connectivity index is 1.69. The standard InChI is InChI=1S/C21H34N2O8/c24-18(25)10-16(20(28)29)22-14-5-1-12(2-6-14)9-13-3-7-15(8-4-13)23-17(21(30)31)11-19(26)27/h12-17,22-23H,1-11H2,(H,24,25)(H,26,27)(H,28,29)(H,30,31)/t12?,13?,14?,15?,16-,17-/m0/s1. The SMILES string of the molecule is O=C(O)C[C@H](NC1CCC(CC2CCC(N[C@@H](CC(=O)O)C(=O)O)CC2)CC1)C(=O)O. The quantitative estimate of drug-likeness (QED) is 0.260. The molecule has 2 aliphatic rings. The van der Waals surface area contributed by atoms with E-state index in [-0.39, 0.29) is 12.1 Å². The molecular formula is C21H34N2O8. The van der Waals surface area contributed by atoms with Crippen LogP contribution in [0.2, 0.25) is 0 Å². The van der Waals surface area contributed by atoms with Crippen molar-refractivity contribution in [1.82, 2.24) is 10.6 Å². The van der Waals surface area contributed by atoms with Crippen LogP contribution >= 0.6 is 0 Å². The van der Waals surface area contributed by atoms with E-state index < -0.39 is 48.8 Å². The van der Waals surface area contributed by atoms with Crippen LogP contribution < -0.4 is 10.6 Å². The summed E-state index contributed by atoms with van der Waals surface area (Å²) in [7, 11) is 0. The van der Waals surface area contributed by atoms with E-state index in [1.165, 1.54) is 0 Å².